The van der Waals surface area contributed by atoms with Gasteiger partial charge in [0.1, 0.15) is 0 Å². The van der Waals surface area contributed by atoms with Gasteiger partial charge in [-0.05, 0) is 35.9 Å². The number of hydrogen-bond acceptors (Lipinski definition) is 6. The molecule has 0 bridgehead atoms. The molecule has 0 spiro atoms. The molecule has 3 heterocycles. The zero-order valence-corrected chi connectivity index (χ0v) is 18.0. The summed E-state index contributed by atoms with van der Waals surface area (Å²) in [5, 5.41) is 0. The van der Waals surface area contributed by atoms with Gasteiger partial charge in [0.15, 0.2) is 11.5 Å². The fraction of sp³-hybridized carbons (Fsp3) is 0.364. The van der Waals surface area contributed by atoms with E-state index in [-0.39, 0.29) is 31.1 Å². The second-order valence-electron chi connectivity index (χ2n) is 7.77. The van der Waals surface area contributed by atoms with Gasteiger partial charge in [-0.15, -0.1) is 0 Å². The van der Waals surface area contributed by atoms with Crippen LogP contribution >= 0.6 is 15.9 Å². The van der Waals surface area contributed by atoms with Crippen LogP contribution in [0.3, 0.4) is 0 Å². The molecule has 0 unspecified atom stereocenters. The number of amides is 2. The van der Waals surface area contributed by atoms with Gasteiger partial charge in [-0.1, -0.05) is 28.1 Å². The number of hydrogen-bond donors (Lipinski definition) is 0. The Hall–Kier alpha value is -2.42. The maximum atomic E-state index is 13.0. The number of imide groups is 1. The maximum Gasteiger partial charge on any atom is 0.251 e. The van der Waals surface area contributed by atoms with Gasteiger partial charge in [0.2, 0.25) is 12.7 Å². The summed E-state index contributed by atoms with van der Waals surface area (Å²) in [5.74, 6) is 1.34. The van der Waals surface area contributed by atoms with Crippen LogP contribution in [0.2, 0.25) is 0 Å². The van der Waals surface area contributed by atoms with Crippen molar-refractivity contribution in [1.82, 2.24) is 9.80 Å². The highest BCUT2D eigenvalue weighted by atomic mass is 79.9. The molecule has 156 valence electrons. The lowest BCUT2D eigenvalue weighted by molar-refractivity contribution is -0.123. The van der Waals surface area contributed by atoms with Crippen LogP contribution in [0.15, 0.2) is 46.9 Å². The number of anilines is 1. The number of carbonyl (C=O) groups is 2. The lowest BCUT2D eigenvalue weighted by Crippen LogP contribution is -2.52. The molecular weight excluding hydrogens is 450 g/mol. The van der Waals surface area contributed by atoms with Crippen molar-refractivity contribution in [3.63, 3.8) is 0 Å². The summed E-state index contributed by atoms with van der Waals surface area (Å²) in [6.45, 7) is 4.34. The van der Waals surface area contributed by atoms with Gasteiger partial charge in [-0.3, -0.25) is 19.4 Å². The van der Waals surface area contributed by atoms with Crippen molar-refractivity contribution in [2.24, 2.45) is 0 Å². The Bertz CT molecular complexity index is 990. The van der Waals surface area contributed by atoms with Crippen LogP contribution in [-0.4, -0.2) is 60.6 Å². The van der Waals surface area contributed by atoms with Crippen molar-refractivity contribution in [1.29, 1.82) is 0 Å². The Balaban J connectivity index is 1.20. The van der Waals surface area contributed by atoms with Crippen LogP contribution < -0.4 is 14.4 Å². The number of fused-ring (bicyclic) bond motifs is 1. The Kier molecular flexibility index (Phi) is 5.22. The van der Waals surface area contributed by atoms with Crippen molar-refractivity contribution in [2.45, 2.75) is 19.0 Å². The summed E-state index contributed by atoms with van der Waals surface area (Å²) in [7, 11) is 0. The van der Waals surface area contributed by atoms with Gasteiger partial charge < -0.3 is 9.47 Å². The summed E-state index contributed by atoms with van der Waals surface area (Å²) >= 11 is 3.41. The zero-order valence-electron chi connectivity index (χ0n) is 16.4. The SMILES string of the molecule is O=C1C[C@@H](N2CCN(Cc3ccc4c(c3)OCO4)CC2)C(=O)N1c1cccc(Br)c1. The Morgan fingerprint density at radius 2 is 1.77 bits per heavy atom. The minimum atomic E-state index is -0.371. The first-order valence-corrected chi connectivity index (χ1v) is 10.8. The second kappa shape index (κ2) is 8.02. The van der Waals surface area contributed by atoms with Gasteiger partial charge >= 0.3 is 0 Å². The van der Waals surface area contributed by atoms with E-state index in [0.29, 0.717) is 5.69 Å². The Morgan fingerprint density at radius 1 is 0.967 bits per heavy atom. The Morgan fingerprint density at radius 3 is 2.57 bits per heavy atom. The third-order valence-corrected chi connectivity index (χ3v) is 6.37. The molecule has 30 heavy (non-hydrogen) atoms. The average molecular weight is 472 g/mol. The molecule has 2 fully saturated rings. The summed E-state index contributed by atoms with van der Waals surface area (Å²) in [6, 6.07) is 13.0. The molecule has 3 aliphatic heterocycles. The highest BCUT2D eigenvalue weighted by molar-refractivity contribution is 9.10. The average Bonchev–Trinajstić information content (AvgIpc) is 3.32. The Labute approximate surface area is 183 Å². The predicted octanol–water partition coefficient (Wildman–Crippen LogP) is 2.63. The fourth-order valence-corrected chi connectivity index (χ4v) is 4.71. The van der Waals surface area contributed by atoms with Crippen LogP contribution in [0.25, 0.3) is 0 Å². The number of rotatable bonds is 4. The standard InChI is InChI=1S/C22H22BrN3O4/c23-16-2-1-3-17(11-16)26-21(27)12-18(22(26)28)25-8-6-24(7-9-25)13-15-4-5-19-20(10-15)30-14-29-19/h1-5,10-11,18H,6-9,12-14H2/t18-/m1/s1. The molecule has 2 aromatic rings. The van der Waals surface area contributed by atoms with E-state index in [0.717, 1.165) is 48.7 Å². The largest absolute Gasteiger partial charge is 0.454 e. The molecule has 2 aromatic carbocycles. The van der Waals surface area contributed by atoms with Crippen LogP contribution in [0.5, 0.6) is 11.5 Å². The first kappa shape index (κ1) is 19.5. The number of piperazine rings is 1. The van der Waals surface area contributed by atoms with E-state index >= 15 is 0 Å². The smallest absolute Gasteiger partial charge is 0.251 e. The van der Waals surface area contributed by atoms with Crippen LogP contribution in [0.1, 0.15) is 12.0 Å². The molecule has 0 radical (unpaired) electrons. The van der Waals surface area contributed by atoms with Crippen molar-refractivity contribution in [3.05, 3.63) is 52.5 Å². The van der Waals surface area contributed by atoms with E-state index in [1.165, 1.54) is 10.5 Å². The lowest BCUT2D eigenvalue weighted by atomic mass is 10.1. The number of nitrogens with zero attached hydrogens (tertiary/aromatic N) is 3. The van der Waals surface area contributed by atoms with Gasteiger partial charge in [0, 0.05) is 37.2 Å². The molecule has 2 amide bonds. The summed E-state index contributed by atoms with van der Waals surface area (Å²) in [6.07, 6.45) is 0.244. The normalized spacial score (nSPS) is 22.2. The zero-order chi connectivity index (χ0) is 20.7. The number of ether oxygens (including phenoxy) is 2. The topological polar surface area (TPSA) is 62.3 Å². The van der Waals surface area contributed by atoms with Crippen molar-refractivity contribution in [2.75, 3.05) is 37.9 Å². The molecule has 0 N–H and O–H groups in total. The molecule has 1 atom stereocenters. The third-order valence-electron chi connectivity index (χ3n) is 5.88. The molecule has 2 saturated heterocycles. The summed E-state index contributed by atoms with van der Waals surface area (Å²) < 4.78 is 11.7. The minimum absolute atomic E-state index is 0.123. The first-order chi connectivity index (χ1) is 14.6. The molecule has 7 nitrogen and oxygen atoms in total. The highest BCUT2D eigenvalue weighted by Gasteiger charge is 2.43. The summed E-state index contributed by atoms with van der Waals surface area (Å²) in [4.78, 5) is 31.4. The molecular formula is C22H22BrN3O4. The molecule has 5 rings (SSSR count). The van der Waals surface area contributed by atoms with E-state index in [9.17, 15) is 9.59 Å². The summed E-state index contributed by atoms with van der Waals surface area (Å²) in [5.41, 5.74) is 1.81. The van der Waals surface area contributed by atoms with Crippen molar-refractivity contribution >= 4 is 33.4 Å². The lowest BCUT2D eigenvalue weighted by Gasteiger charge is -2.37. The van der Waals surface area contributed by atoms with E-state index in [2.05, 4.69) is 31.8 Å². The van der Waals surface area contributed by atoms with Crippen LogP contribution in [0.4, 0.5) is 5.69 Å². The third kappa shape index (κ3) is 3.71. The molecule has 0 aromatic heterocycles. The maximum absolute atomic E-state index is 13.0. The molecule has 0 aliphatic carbocycles. The monoisotopic (exact) mass is 471 g/mol. The second-order valence-corrected chi connectivity index (χ2v) is 8.68. The first-order valence-electron chi connectivity index (χ1n) is 10.1. The molecule has 8 heteroatoms. The predicted molar refractivity (Wildman–Crippen MR) is 114 cm³/mol. The van der Waals surface area contributed by atoms with E-state index in [4.69, 9.17) is 9.47 Å². The van der Waals surface area contributed by atoms with Crippen LogP contribution in [0, 0.1) is 0 Å². The van der Waals surface area contributed by atoms with Crippen molar-refractivity contribution in [3.8, 4) is 11.5 Å². The van der Waals surface area contributed by atoms with E-state index < -0.39 is 0 Å². The highest BCUT2D eigenvalue weighted by Crippen LogP contribution is 2.33. The number of benzene rings is 2. The fourth-order valence-electron chi connectivity index (χ4n) is 4.32. The quantitative estimate of drug-likeness (QED) is 0.638. The van der Waals surface area contributed by atoms with E-state index in [1.807, 2.05) is 30.3 Å². The number of halogens is 1. The van der Waals surface area contributed by atoms with Gasteiger partial charge in [0.05, 0.1) is 18.2 Å². The van der Waals surface area contributed by atoms with Crippen molar-refractivity contribution < 1.29 is 19.1 Å². The molecule has 3 aliphatic rings. The van der Waals surface area contributed by atoms with Crippen LogP contribution in [-0.2, 0) is 16.1 Å². The van der Waals surface area contributed by atoms with Gasteiger partial charge in [-0.2, -0.15) is 0 Å². The molecule has 0 saturated carbocycles. The van der Waals surface area contributed by atoms with E-state index in [1.54, 1.807) is 6.07 Å². The van der Waals surface area contributed by atoms with Gasteiger partial charge in [0.25, 0.3) is 5.91 Å². The van der Waals surface area contributed by atoms with Gasteiger partial charge in [-0.25, -0.2) is 4.90 Å². The minimum Gasteiger partial charge on any atom is -0.454 e. The number of carbonyl (C=O) groups excluding carboxylic acids is 2.